The molecule has 2 heterocycles. The number of amides is 1. The van der Waals surface area contributed by atoms with Gasteiger partial charge in [0.05, 0.1) is 39.5 Å². The lowest BCUT2D eigenvalue weighted by molar-refractivity contribution is -0.192. The van der Waals surface area contributed by atoms with E-state index in [4.69, 9.17) is 9.90 Å². The fourth-order valence-electron chi connectivity index (χ4n) is 4.62. The summed E-state index contributed by atoms with van der Waals surface area (Å²) in [6.45, 7) is 0. The molecule has 0 saturated carbocycles. The number of imidazole rings is 1. The number of hydrogen-bond donors (Lipinski definition) is 4. The van der Waals surface area contributed by atoms with Gasteiger partial charge in [0.15, 0.2) is 0 Å². The summed E-state index contributed by atoms with van der Waals surface area (Å²) in [5, 5.41) is 5.99. The van der Waals surface area contributed by atoms with Crippen molar-refractivity contribution in [1.29, 1.82) is 0 Å². The zero-order valence-electron chi connectivity index (χ0n) is 24.5. The zero-order valence-corrected chi connectivity index (χ0v) is 26.1. The number of para-hydroxylation sites is 2. The SMILES string of the molecule is O=C(O)C(F)(F)F.O=C1CC(c2ccc(C[C@H](NS(=O)(=O)c3cc(C(F)(F)F)cc(C(F)(F)F)c3)c3nc4ccccc4[nH]3)cc2)S(=O)(=O)N1. The smallest absolute Gasteiger partial charge is 0.475 e. The molecule has 0 bridgehead atoms. The molecule has 11 nitrogen and oxygen atoms in total. The second-order valence-corrected chi connectivity index (χ2v) is 14.1. The molecule has 2 atom stereocenters. The normalized spacial score (nSPS) is 17.1. The maximum atomic E-state index is 13.4. The van der Waals surface area contributed by atoms with Crippen LogP contribution >= 0.6 is 0 Å². The van der Waals surface area contributed by atoms with Gasteiger partial charge in [0.2, 0.25) is 26.0 Å². The highest BCUT2D eigenvalue weighted by Crippen LogP contribution is 2.38. The molecule has 4 N–H and O–H groups in total. The number of carboxylic acids is 1. The van der Waals surface area contributed by atoms with Gasteiger partial charge in [0, 0.05) is 0 Å². The number of aromatic amines is 1. The van der Waals surface area contributed by atoms with Crippen LogP contribution in [0.2, 0.25) is 0 Å². The van der Waals surface area contributed by atoms with E-state index in [-0.39, 0.29) is 42.4 Å². The van der Waals surface area contributed by atoms with E-state index in [0.717, 1.165) is 0 Å². The van der Waals surface area contributed by atoms with Crippen LogP contribution in [0.15, 0.2) is 71.6 Å². The Balaban J connectivity index is 0.000000727. The number of fused-ring (bicyclic) bond motifs is 1. The molecule has 5 rings (SSSR count). The molecule has 0 spiro atoms. The first-order valence-electron chi connectivity index (χ1n) is 13.6. The van der Waals surface area contributed by atoms with Crippen molar-refractivity contribution in [3.63, 3.8) is 0 Å². The lowest BCUT2D eigenvalue weighted by Gasteiger charge is -2.19. The van der Waals surface area contributed by atoms with Crippen molar-refractivity contribution in [2.75, 3.05) is 0 Å². The van der Waals surface area contributed by atoms with Crippen molar-refractivity contribution in [2.45, 2.75) is 47.6 Å². The third-order valence-corrected chi connectivity index (χ3v) is 10.1. The number of hydrogen-bond acceptors (Lipinski definition) is 7. The molecule has 1 aromatic heterocycles. The van der Waals surface area contributed by atoms with Gasteiger partial charge < -0.3 is 10.1 Å². The van der Waals surface area contributed by atoms with E-state index in [1.54, 1.807) is 24.3 Å². The monoisotopic (exact) mass is 760 g/mol. The van der Waals surface area contributed by atoms with Crippen LogP contribution in [0.4, 0.5) is 39.5 Å². The fraction of sp³-hybridized carbons (Fsp3) is 0.250. The van der Waals surface area contributed by atoms with Crippen molar-refractivity contribution in [2.24, 2.45) is 0 Å². The maximum Gasteiger partial charge on any atom is 0.490 e. The van der Waals surface area contributed by atoms with Crippen LogP contribution in [0.5, 0.6) is 0 Å². The van der Waals surface area contributed by atoms with Gasteiger partial charge in [-0.05, 0) is 47.9 Å². The van der Waals surface area contributed by atoms with Gasteiger partial charge in [-0.15, -0.1) is 0 Å². The number of carbonyl (C=O) groups is 2. The second-order valence-electron chi connectivity index (χ2n) is 10.6. The molecule has 1 aliphatic heterocycles. The number of halogens is 9. The van der Waals surface area contributed by atoms with Crippen LogP contribution in [0.1, 0.15) is 45.8 Å². The van der Waals surface area contributed by atoms with Gasteiger partial charge >= 0.3 is 24.5 Å². The van der Waals surface area contributed by atoms with Crippen molar-refractivity contribution >= 4 is 43.0 Å². The van der Waals surface area contributed by atoms with E-state index in [0.29, 0.717) is 16.6 Å². The van der Waals surface area contributed by atoms with Gasteiger partial charge in [0.1, 0.15) is 11.1 Å². The first-order chi connectivity index (χ1) is 22.9. The fourth-order valence-corrected chi connectivity index (χ4v) is 7.32. The molecule has 3 aromatic carbocycles. The summed E-state index contributed by atoms with van der Waals surface area (Å²) in [6, 6.07) is 11.1. The number of H-pyrrole nitrogens is 1. The minimum atomic E-state index is -5.27. The van der Waals surface area contributed by atoms with Crippen LogP contribution < -0.4 is 9.44 Å². The molecule has 4 aromatic rings. The standard InChI is InChI=1S/C26H20F6N4O5S2.C2HF3O2/c27-25(28,29)16-10-17(26(30,31)32)12-18(11-16)42(38,39)35-21(24-33-19-3-1-2-4-20(19)34-24)9-14-5-7-15(8-6-14)22-13-23(37)36-43(22,40)41;3-2(4,5)1(6)7/h1-8,10-12,21-22,35H,9,13H2,(H,33,34)(H,36,37);(H,6,7)/t21-,22?;/m0./s1. The summed E-state index contributed by atoms with van der Waals surface area (Å²) in [5.41, 5.74) is -2.00. The van der Waals surface area contributed by atoms with E-state index in [9.17, 15) is 61.1 Å². The van der Waals surface area contributed by atoms with Crippen LogP contribution in [-0.4, -0.2) is 50.0 Å². The van der Waals surface area contributed by atoms with Gasteiger partial charge in [-0.1, -0.05) is 36.4 Å². The van der Waals surface area contributed by atoms with Gasteiger partial charge in [-0.3, -0.25) is 9.52 Å². The number of alkyl halides is 9. The van der Waals surface area contributed by atoms with E-state index in [2.05, 4.69) is 14.7 Å². The van der Waals surface area contributed by atoms with Crippen LogP contribution in [0.3, 0.4) is 0 Å². The average molecular weight is 761 g/mol. The third kappa shape index (κ3) is 9.09. The predicted molar refractivity (Wildman–Crippen MR) is 154 cm³/mol. The van der Waals surface area contributed by atoms with Crippen LogP contribution in [0, 0.1) is 0 Å². The lowest BCUT2D eigenvalue weighted by atomic mass is 10.0. The Morgan fingerprint density at radius 3 is 1.92 bits per heavy atom. The highest BCUT2D eigenvalue weighted by atomic mass is 32.2. The molecule has 270 valence electrons. The number of sulfonamides is 2. The topological polar surface area (TPSA) is 175 Å². The summed E-state index contributed by atoms with van der Waals surface area (Å²) in [5.74, 6) is -3.41. The number of carbonyl (C=O) groups excluding carboxylic acids is 1. The molecular weight excluding hydrogens is 739 g/mol. The number of aliphatic carboxylic acids is 1. The van der Waals surface area contributed by atoms with Gasteiger partial charge in [-0.25, -0.2) is 31.3 Å². The molecule has 0 aliphatic carbocycles. The molecule has 1 saturated heterocycles. The van der Waals surface area contributed by atoms with E-state index >= 15 is 0 Å². The van der Waals surface area contributed by atoms with Gasteiger partial charge in [-0.2, -0.15) is 39.5 Å². The lowest BCUT2D eigenvalue weighted by Crippen LogP contribution is -2.31. The molecule has 0 radical (unpaired) electrons. The highest BCUT2D eigenvalue weighted by Gasteiger charge is 2.40. The van der Waals surface area contributed by atoms with Gasteiger partial charge in [0.25, 0.3) is 0 Å². The number of rotatable bonds is 7. The summed E-state index contributed by atoms with van der Waals surface area (Å²) < 4.78 is 167. The second kappa shape index (κ2) is 13.5. The first-order valence-corrected chi connectivity index (χ1v) is 16.6. The Labute approximate surface area is 275 Å². The summed E-state index contributed by atoms with van der Waals surface area (Å²) in [4.78, 5) is 26.5. The maximum absolute atomic E-state index is 13.4. The number of nitrogens with one attached hydrogen (secondary N) is 3. The quantitative estimate of drug-likeness (QED) is 0.182. The number of nitrogens with zero attached hydrogens (tertiary/aromatic N) is 1. The Bertz CT molecular complexity index is 2070. The zero-order chi connectivity index (χ0) is 37.4. The molecule has 1 amide bonds. The number of aromatic nitrogens is 2. The van der Waals surface area contributed by atoms with Crippen molar-refractivity contribution in [3.8, 4) is 0 Å². The molecule has 1 unspecified atom stereocenters. The largest absolute Gasteiger partial charge is 0.490 e. The molecule has 22 heteroatoms. The molecule has 1 fully saturated rings. The summed E-state index contributed by atoms with van der Waals surface area (Å²) in [6.07, 6.45) is -16.1. The average Bonchev–Trinajstić information content (AvgIpc) is 3.55. The van der Waals surface area contributed by atoms with Crippen molar-refractivity contribution in [3.05, 3.63) is 94.8 Å². The van der Waals surface area contributed by atoms with Crippen molar-refractivity contribution in [1.82, 2.24) is 19.4 Å². The third-order valence-electron chi connectivity index (χ3n) is 6.94. The molecular formula is C28H21F9N4O7S2. The van der Waals surface area contributed by atoms with E-state index in [1.165, 1.54) is 24.3 Å². The van der Waals surface area contributed by atoms with Crippen LogP contribution in [-0.2, 0) is 48.4 Å². The number of carboxylic acid groups (broad SMARTS) is 1. The Kier molecular flexibility index (Phi) is 10.3. The minimum Gasteiger partial charge on any atom is -0.475 e. The molecule has 50 heavy (non-hydrogen) atoms. The Morgan fingerprint density at radius 1 is 0.920 bits per heavy atom. The van der Waals surface area contributed by atoms with E-state index < -0.39 is 77.8 Å². The van der Waals surface area contributed by atoms with E-state index in [1.807, 2.05) is 4.72 Å². The summed E-state index contributed by atoms with van der Waals surface area (Å²) >= 11 is 0. The van der Waals surface area contributed by atoms with Crippen molar-refractivity contribution < 1.29 is 71.0 Å². The molecule has 1 aliphatic rings. The Hall–Kier alpha value is -4.70. The van der Waals surface area contributed by atoms with Crippen LogP contribution in [0.25, 0.3) is 11.0 Å². The Morgan fingerprint density at radius 2 is 1.46 bits per heavy atom. The number of benzene rings is 3. The predicted octanol–water partition coefficient (Wildman–Crippen LogP) is 5.39. The summed E-state index contributed by atoms with van der Waals surface area (Å²) in [7, 11) is -8.94. The minimum absolute atomic E-state index is 0.0186. The highest BCUT2D eigenvalue weighted by molar-refractivity contribution is 7.90. The first kappa shape index (κ1) is 38.1.